The van der Waals surface area contributed by atoms with Crippen LogP contribution in [0.3, 0.4) is 0 Å². The smallest absolute Gasteiger partial charge is 0.378 e. The number of benzene rings is 2. The first-order valence-corrected chi connectivity index (χ1v) is 8.82. The molecule has 4 atom stereocenters. The number of halogens is 3. The molecule has 4 rings (SSSR count). The van der Waals surface area contributed by atoms with Crippen molar-refractivity contribution < 1.29 is 17.9 Å². The van der Waals surface area contributed by atoms with Crippen molar-refractivity contribution in [2.75, 3.05) is 12.4 Å². The minimum absolute atomic E-state index is 0.0169. The van der Waals surface area contributed by atoms with Crippen LogP contribution in [-0.4, -0.2) is 13.3 Å². The van der Waals surface area contributed by atoms with Crippen LogP contribution < -0.4 is 10.6 Å². The van der Waals surface area contributed by atoms with Gasteiger partial charge in [0.25, 0.3) is 0 Å². The summed E-state index contributed by atoms with van der Waals surface area (Å²) in [4.78, 5) is 0. The van der Waals surface area contributed by atoms with Gasteiger partial charge in [0.2, 0.25) is 0 Å². The molecule has 0 unspecified atom stereocenters. The van der Waals surface area contributed by atoms with Crippen LogP contribution >= 0.6 is 0 Å². The number of hydrogen-bond acceptors (Lipinski definition) is 3. The van der Waals surface area contributed by atoms with Crippen LogP contribution in [0.1, 0.15) is 41.7 Å². The van der Waals surface area contributed by atoms with Crippen molar-refractivity contribution in [3.63, 3.8) is 0 Å². The maximum absolute atomic E-state index is 13.2. The Morgan fingerprint density at radius 1 is 1.08 bits per heavy atom. The second-order valence-electron chi connectivity index (χ2n) is 6.91. The van der Waals surface area contributed by atoms with Gasteiger partial charge in [0.05, 0.1) is 17.7 Å². The Labute approximate surface area is 150 Å². The summed E-state index contributed by atoms with van der Waals surface area (Å²) in [6.07, 6.45) is -3.18. The van der Waals surface area contributed by atoms with Crippen LogP contribution in [-0.2, 0) is 10.9 Å². The predicted octanol–water partition coefficient (Wildman–Crippen LogP) is 4.89. The van der Waals surface area contributed by atoms with Crippen molar-refractivity contribution >= 4 is 5.69 Å². The van der Waals surface area contributed by atoms with Crippen LogP contribution in [0.15, 0.2) is 48.5 Å². The number of rotatable bonds is 2. The van der Waals surface area contributed by atoms with E-state index in [-0.39, 0.29) is 24.3 Å². The highest BCUT2D eigenvalue weighted by atomic mass is 19.4. The lowest BCUT2D eigenvalue weighted by molar-refractivity contribution is -0.138. The monoisotopic (exact) mass is 362 g/mol. The molecule has 138 valence electrons. The summed E-state index contributed by atoms with van der Waals surface area (Å²) < 4.78 is 45.7. The molecule has 6 heteroatoms. The Bertz CT molecular complexity index is 778. The van der Waals surface area contributed by atoms with Gasteiger partial charge in [-0.15, -0.1) is 0 Å². The van der Waals surface area contributed by atoms with E-state index in [0.717, 1.165) is 24.5 Å². The largest absolute Gasteiger partial charge is 0.416 e. The fourth-order valence-electron chi connectivity index (χ4n) is 4.07. The van der Waals surface area contributed by atoms with E-state index in [0.29, 0.717) is 11.3 Å². The molecule has 26 heavy (non-hydrogen) atoms. The SMILES string of the molecule is CN[C@H]1CC[C@@H]2[C@H](O1)c1cc(C(F)(F)F)ccc1N[C@H]2c1ccccc1. The van der Waals surface area contributed by atoms with Crippen molar-refractivity contribution in [1.29, 1.82) is 0 Å². The van der Waals surface area contributed by atoms with E-state index < -0.39 is 11.7 Å². The molecule has 0 spiro atoms. The van der Waals surface area contributed by atoms with E-state index in [2.05, 4.69) is 10.6 Å². The summed E-state index contributed by atoms with van der Waals surface area (Å²) in [6.45, 7) is 0. The van der Waals surface area contributed by atoms with E-state index in [1.54, 1.807) is 0 Å². The third kappa shape index (κ3) is 3.08. The third-order valence-corrected chi connectivity index (χ3v) is 5.37. The van der Waals surface area contributed by atoms with E-state index in [1.807, 2.05) is 37.4 Å². The normalized spacial score (nSPS) is 28.0. The van der Waals surface area contributed by atoms with Gasteiger partial charge in [-0.25, -0.2) is 0 Å². The molecule has 0 saturated carbocycles. The molecule has 0 amide bonds. The zero-order valence-electron chi connectivity index (χ0n) is 14.4. The molecule has 2 heterocycles. The number of nitrogens with one attached hydrogen (secondary N) is 2. The van der Waals surface area contributed by atoms with E-state index in [1.165, 1.54) is 12.1 Å². The number of anilines is 1. The Morgan fingerprint density at radius 3 is 2.54 bits per heavy atom. The van der Waals surface area contributed by atoms with E-state index >= 15 is 0 Å². The highest BCUT2D eigenvalue weighted by molar-refractivity contribution is 5.58. The highest BCUT2D eigenvalue weighted by Crippen LogP contribution is 2.50. The van der Waals surface area contributed by atoms with Crippen LogP contribution in [0.5, 0.6) is 0 Å². The topological polar surface area (TPSA) is 33.3 Å². The maximum atomic E-state index is 13.2. The van der Waals surface area contributed by atoms with Crippen molar-refractivity contribution in [3.8, 4) is 0 Å². The average Bonchev–Trinajstić information content (AvgIpc) is 2.66. The van der Waals surface area contributed by atoms with Gasteiger partial charge in [0.15, 0.2) is 0 Å². The van der Waals surface area contributed by atoms with Gasteiger partial charge in [-0.05, 0) is 43.7 Å². The van der Waals surface area contributed by atoms with Crippen molar-refractivity contribution in [3.05, 3.63) is 65.2 Å². The molecule has 2 aliphatic rings. The molecule has 1 fully saturated rings. The van der Waals surface area contributed by atoms with Crippen molar-refractivity contribution in [2.24, 2.45) is 5.92 Å². The number of hydrogen-bond donors (Lipinski definition) is 2. The van der Waals surface area contributed by atoms with E-state index in [9.17, 15) is 13.2 Å². The lowest BCUT2D eigenvalue weighted by Gasteiger charge is -2.45. The molecule has 0 radical (unpaired) electrons. The van der Waals surface area contributed by atoms with Crippen molar-refractivity contribution in [1.82, 2.24) is 5.32 Å². The van der Waals surface area contributed by atoms with Gasteiger partial charge in [0, 0.05) is 17.2 Å². The highest BCUT2D eigenvalue weighted by Gasteiger charge is 2.43. The second-order valence-corrected chi connectivity index (χ2v) is 6.91. The van der Waals surface area contributed by atoms with Crippen molar-refractivity contribution in [2.45, 2.75) is 37.4 Å². The fraction of sp³-hybridized carbons (Fsp3) is 0.400. The molecular formula is C20H21F3N2O. The molecule has 2 aromatic rings. The first-order valence-electron chi connectivity index (χ1n) is 8.82. The molecule has 2 aromatic carbocycles. The number of alkyl halides is 3. The van der Waals surface area contributed by atoms with Gasteiger partial charge in [-0.1, -0.05) is 30.3 Å². The zero-order chi connectivity index (χ0) is 18.3. The van der Waals surface area contributed by atoms with Gasteiger partial charge in [0.1, 0.15) is 6.23 Å². The Hall–Kier alpha value is -2.05. The third-order valence-electron chi connectivity index (χ3n) is 5.37. The van der Waals surface area contributed by atoms with Gasteiger partial charge >= 0.3 is 6.18 Å². The van der Waals surface area contributed by atoms with Gasteiger partial charge in [-0.2, -0.15) is 13.2 Å². The number of fused-ring (bicyclic) bond motifs is 3. The molecule has 2 aliphatic heterocycles. The lowest BCUT2D eigenvalue weighted by atomic mass is 9.77. The molecule has 3 nitrogen and oxygen atoms in total. The fourth-order valence-corrected chi connectivity index (χ4v) is 4.07. The summed E-state index contributed by atoms with van der Waals surface area (Å²) in [5.41, 5.74) is 1.80. The van der Waals surface area contributed by atoms with E-state index in [4.69, 9.17) is 4.74 Å². The van der Waals surface area contributed by atoms with Gasteiger partial charge < -0.3 is 10.1 Å². The summed E-state index contributed by atoms with van der Waals surface area (Å²) >= 11 is 0. The number of ether oxygens (including phenoxy) is 1. The second kappa shape index (κ2) is 6.59. The standard InChI is InChI=1S/C20H21F3N2O/c1-24-17-10-8-14-18(12-5-3-2-4-6-12)25-16-9-7-13(20(21,22)23)11-15(16)19(14)26-17/h2-7,9,11,14,17-19,24-25H,8,10H2,1H3/t14-,17+,18-,19-/m0/s1. The molecule has 0 aliphatic carbocycles. The Kier molecular flexibility index (Phi) is 4.40. The predicted molar refractivity (Wildman–Crippen MR) is 93.6 cm³/mol. The molecule has 0 bridgehead atoms. The minimum Gasteiger partial charge on any atom is -0.378 e. The summed E-state index contributed by atoms with van der Waals surface area (Å²) in [7, 11) is 1.81. The van der Waals surface area contributed by atoms with Crippen LogP contribution in [0.25, 0.3) is 0 Å². The summed E-state index contributed by atoms with van der Waals surface area (Å²) in [5.74, 6) is 0.0815. The molecular weight excluding hydrogens is 341 g/mol. The maximum Gasteiger partial charge on any atom is 0.416 e. The molecule has 0 aromatic heterocycles. The molecule has 2 N–H and O–H groups in total. The van der Waals surface area contributed by atoms with Crippen LogP contribution in [0.4, 0.5) is 18.9 Å². The van der Waals surface area contributed by atoms with Crippen LogP contribution in [0, 0.1) is 5.92 Å². The Morgan fingerprint density at radius 2 is 1.85 bits per heavy atom. The summed E-state index contributed by atoms with van der Waals surface area (Å²) in [5, 5.41) is 6.56. The molecule has 1 saturated heterocycles. The lowest BCUT2D eigenvalue weighted by Crippen LogP contribution is -2.43. The quantitative estimate of drug-likeness (QED) is 0.798. The first kappa shape index (κ1) is 17.4. The average molecular weight is 362 g/mol. The summed E-state index contributed by atoms with van der Waals surface area (Å²) in [6, 6.07) is 13.9. The zero-order valence-corrected chi connectivity index (χ0v) is 14.4. The minimum atomic E-state index is -4.36. The van der Waals surface area contributed by atoms with Crippen LogP contribution in [0.2, 0.25) is 0 Å². The first-order chi connectivity index (χ1) is 12.5. The Balaban J connectivity index is 1.77. The van der Waals surface area contributed by atoms with Gasteiger partial charge in [-0.3, -0.25) is 5.32 Å².